The predicted molar refractivity (Wildman–Crippen MR) is 78.3 cm³/mol. The first-order valence-electron chi connectivity index (χ1n) is 5.94. The number of hydrogen-bond acceptors (Lipinski definition) is 5. The first kappa shape index (κ1) is 14.4. The second-order valence-electron chi connectivity index (χ2n) is 4.38. The van der Waals surface area contributed by atoms with E-state index < -0.39 is 10.0 Å². The van der Waals surface area contributed by atoms with Gasteiger partial charge in [0.1, 0.15) is 0 Å². The molecule has 20 heavy (non-hydrogen) atoms. The van der Waals surface area contributed by atoms with Crippen LogP contribution in [0.3, 0.4) is 0 Å². The Hall–Kier alpha value is -2.06. The number of benzene rings is 1. The van der Waals surface area contributed by atoms with Crippen LogP contribution in [0.25, 0.3) is 0 Å². The molecule has 7 nitrogen and oxygen atoms in total. The molecule has 1 heterocycles. The third-order valence-electron chi connectivity index (χ3n) is 2.88. The van der Waals surface area contributed by atoms with Gasteiger partial charge in [-0.05, 0) is 32.2 Å². The monoisotopic (exact) mass is 295 g/mol. The van der Waals surface area contributed by atoms with Gasteiger partial charge in [-0.3, -0.25) is 4.68 Å². The van der Waals surface area contributed by atoms with Gasteiger partial charge in [0.2, 0.25) is 10.0 Å². The molecule has 0 saturated carbocycles. The molecule has 0 radical (unpaired) electrons. The number of anilines is 3. The van der Waals surface area contributed by atoms with Crippen molar-refractivity contribution in [2.24, 2.45) is 7.05 Å². The van der Waals surface area contributed by atoms with E-state index in [0.717, 1.165) is 11.4 Å². The molecule has 0 aliphatic heterocycles. The number of nitrogens with two attached hydrogens (primary N) is 1. The molecule has 0 atom stereocenters. The number of rotatable bonds is 4. The minimum atomic E-state index is -3.49. The highest BCUT2D eigenvalue weighted by molar-refractivity contribution is 7.89. The van der Waals surface area contributed by atoms with Gasteiger partial charge in [0, 0.05) is 13.2 Å². The van der Waals surface area contributed by atoms with Crippen molar-refractivity contribution in [1.82, 2.24) is 14.5 Å². The Morgan fingerprint density at radius 1 is 1.30 bits per heavy atom. The molecule has 1 aromatic carbocycles. The van der Waals surface area contributed by atoms with Crippen LogP contribution in [-0.2, 0) is 17.1 Å². The summed E-state index contributed by atoms with van der Waals surface area (Å²) in [5, 5.41) is 7.35. The summed E-state index contributed by atoms with van der Waals surface area (Å²) in [6, 6.07) is 4.54. The molecular formula is C12H17N5O2S. The van der Waals surface area contributed by atoms with Crippen molar-refractivity contribution >= 4 is 27.1 Å². The van der Waals surface area contributed by atoms with Crippen LogP contribution in [0, 0.1) is 6.92 Å². The maximum Gasteiger partial charge on any atom is 0.240 e. The zero-order chi connectivity index (χ0) is 14.9. The molecule has 0 bridgehead atoms. The highest BCUT2D eigenvalue weighted by Gasteiger charge is 2.13. The summed E-state index contributed by atoms with van der Waals surface area (Å²) in [6.45, 7) is 1.87. The highest BCUT2D eigenvalue weighted by atomic mass is 32.2. The van der Waals surface area contributed by atoms with Gasteiger partial charge in [-0.1, -0.05) is 0 Å². The largest absolute Gasteiger partial charge is 0.397 e. The molecule has 0 fully saturated rings. The zero-order valence-corrected chi connectivity index (χ0v) is 12.3. The third-order valence-corrected chi connectivity index (χ3v) is 4.30. The van der Waals surface area contributed by atoms with Crippen molar-refractivity contribution < 1.29 is 8.42 Å². The van der Waals surface area contributed by atoms with E-state index >= 15 is 0 Å². The molecule has 0 saturated heterocycles. The van der Waals surface area contributed by atoms with Crippen molar-refractivity contribution in [3.05, 3.63) is 30.1 Å². The topological polar surface area (TPSA) is 102 Å². The van der Waals surface area contributed by atoms with Gasteiger partial charge in [-0.2, -0.15) is 5.10 Å². The molecule has 2 aromatic rings. The van der Waals surface area contributed by atoms with E-state index in [4.69, 9.17) is 5.73 Å². The lowest BCUT2D eigenvalue weighted by molar-refractivity contribution is 0.588. The summed E-state index contributed by atoms with van der Waals surface area (Å²) >= 11 is 0. The van der Waals surface area contributed by atoms with Crippen LogP contribution in [0.5, 0.6) is 0 Å². The minimum Gasteiger partial charge on any atom is -0.397 e. The van der Waals surface area contributed by atoms with Crippen molar-refractivity contribution in [2.75, 3.05) is 18.1 Å². The molecule has 8 heteroatoms. The van der Waals surface area contributed by atoms with Crippen LogP contribution in [-0.4, -0.2) is 25.2 Å². The number of hydrogen-bond donors (Lipinski definition) is 3. The number of aromatic nitrogens is 2. The lowest BCUT2D eigenvalue weighted by Crippen LogP contribution is -2.18. The van der Waals surface area contributed by atoms with E-state index in [-0.39, 0.29) is 4.90 Å². The summed E-state index contributed by atoms with van der Waals surface area (Å²) in [5.74, 6) is 0. The summed E-state index contributed by atoms with van der Waals surface area (Å²) < 4.78 is 27.3. The number of nitrogens with zero attached hydrogens (tertiary/aromatic N) is 2. The molecule has 1 aromatic heterocycles. The molecule has 0 amide bonds. The fourth-order valence-corrected chi connectivity index (χ4v) is 2.57. The van der Waals surface area contributed by atoms with Crippen LogP contribution < -0.4 is 15.8 Å². The average Bonchev–Trinajstić information content (AvgIpc) is 2.70. The van der Waals surface area contributed by atoms with Crippen molar-refractivity contribution in [2.45, 2.75) is 11.8 Å². The van der Waals surface area contributed by atoms with E-state index in [2.05, 4.69) is 15.1 Å². The predicted octanol–water partition coefficient (Wildman–Crippen LogP) is 0.962. The maximum atomic E-state index is 11.7. The smallest absolute Gasteiger partial charge is 0.240 e. The summed E-state index contributed by atoms with van der Waals surface area (Å²) in [5.41, 5.74) is 8.54. The normalized spacial score (nSPS) is 11.6. The van der Waals surface area contributed by atoms with Gasteiger partial charge in [-0.15, -0.1) is 0 Å². The number of nitrogen functional groups attached to an aromatic ring is 1. The van der Waals surface area contributed by atoms with Crippen LogP contribution in [0.2, 0.25) is 0 Å². The lowest BCUT2D eigenvalue weighted by Gasteiger charge is -2.10. The second-order valence-corrected chi connectivity index (χ2v) is 6.27. The molecule has 2 rings (SSSR count). The molecule has 108 valence electrons. The van der Waals surface area contributed by atoms with Gasteiger partial charge in [0.15, 0.2) is 0 Å². The fraction of sp³-hybridized carbons (Fsp3) is 0.250. The van der Waals surface area contributed by atoms with Gasteiger partial charge in [0.25, 0.3) is 0 Å². The quantitative estimate of drug-likeness (QED) is 0.729. The molecule has 0 unspecified atom stereocenters. The zero-order valence-electron chi connectivity index (χ0n) is 11.5. The number of sulfonamides is 1. The Morgan fingerprint density at radius 2 is 2.00 bits per heavy atom. The van der Waals surface area contributed by atoms with E-state index in [1.807, 2.05) is 20.2 Å². The second kappa shape index (κ2) is 5.14. The summed E-state index contributed by atoms with van der Waals surface area (Å²) in [4.78, 5) is 0.131. The molecule has 4 N–H and O–H groups in total. The van der Waals surface area contributed by atoms with Crippen LogP contribution in [0.4, 0.5) is 17.1 Å². The van der Waals surface area contributed by atoms with Gasteiger partial charge in [-0.25, -0.2) is 13.1 Å². The van der Waals surface area contributed by atoms with Crippen LogP contribution in [0.15, 0.2) is 29.3 Å². The number of aryl methyl sites for hydroxylation is 2. The van der Waals surface area contributed by atoms with E-state index in [1.165, 1.54) is 19.2 Å². The van der Waals surface area contributed by atoms with Crippen LogP contribution >= 0.6 is 0 Å². The molecule has 0 aliphatic rings. The van der Waals surface area contributed by atoms with E-state index in [0.29, 0.717) is 11.4 Å². The first-order valence-corrected chi connectivity index (χ1v) is 7.42. The molecule has 0 aliphatic carbocycles. The third kappa shape index (κ3) is 2.75. The SMILES string of the molecule is CNS(=O)(=O)c1ccc(Nc2cn(C)nc2C)c(N)c1. The Bertz CT molecular complexity index is 736. The standard InChI is InChI=1S/C12H17N5O2S/c1-8-12(7-17(3)16-8)15-11-5-4-9(6-10(11)13)20(18,19)14-2/h4-7,14-15H,13H2,1-3H3. The highest BCUT2D eigenvalue weighted by Crippen LogP contribution is 2.26. The van der Waals surface area contributed by atoms with Gasteiger partial charge >= 0.3 is 0 Å². The van der Waals surface area contributed by atoms with Crippen LogP contribution in [0.1, 0.15) is 5.69 Å². The Balaban J connectivity index is 2.34. The molecule has 0 spiro atoms. The lowest BCUT2D eigenvalue weighted by atomic mass is 10.2. The Kier molecular flexibility index (Phi) is 3.69. The average molecular weight is 295 g/mol. The minimum absolute atomic E-state index is 0.131. The number of nitrogens with one attached hydrogen (secondary N) is 2. The van der Waals surface area contributed by atoms with E-state index in [9.17, 15) is 8.42 Å². The van der Waals surface area contributed by atoms with Crippen molar-refractivity contribution in [3.63, 3.8) is 0 Å². The fourth-order valence-electron chi connectivity index (χ4n) is 1.81. The maximum absolute atomic E-state index is 11.7. The first-order chi connectivity index (χ1) is 9.33. The van der Waals surface area contributed by atoms with Crippen molar-refractivity contribution in [1.29, 1.82) is 0 Å². The Labute approximate surface area is 117 Å². The summed E-state index contributed by atoms with van der Waals surface area (Å²) in [7, 11) is -0.307. The summed E-state index contributed by atoms with van der Waals surface area (Å²) in [6.07, 6.45) is 1.83. The Morgan fingerprint density at radius 3 is 2.50 bits per heavy atom. The van der Waals surface area contributed by atoms with Gasteiger partial charge in [0.05, 0.1) is 27.7 Å². The van der Waals surface area contributed by atoms with Crippen molar-refractivity contribution in [3.8, 4) is 0 Å². The van der Waals surface area contributed by atoms with E-state index in [1.54, 1.807) is 10.7 Å². The van der Waals surface area contributed by atoms with Gasteiger partial charge < -0.3 is 11.1 Å². The molecular weight excluding hydrogens is 278 g/mol.